The number of aromatic nitrogens is 2. The maximum absolute atomic E-state index is 10.9. The van der Waals surface area contributed by atoms with Crippen molar-refractivity contribution in [1.29, 1.82) is 0 Å². The average Bonchev–Trinajstić information content (AvgIpc) is 2.66. The molecular weight excluding hydrogens is 315 g/mol. The zero-order chi connectivity index (χ0) is 15.6. The first-order chi connectivity index (χ1) is 9.86. The topological polar surface area (TPSA) is 82.5 Å². The number of imidazole rings is 1. The first kappa shape index (κ1) is 15.3. The number of aryl methyl sites for hydroxylation is 1. The van der Waals surface area contributed by atoms with Gasteiger partial charge in [-0.05, 0) is 6.92 Å². The maximum Gasteiger partial charge on any atom is 0.308 e. The highest BCUT2D eigenvalue weighted by Gasteiger charge is 2.09. The minimum atomic E-state index is -0.454. The fourth-order valence-corrected chi connectivity index (χ4v) is 2.19. The van der Waals surface area contributed by atoms with Crippen LogP contribution in [0.4, 0.5) is 5.95 Å². The molecule has 0 aliphatic rings. The summed E-state index contributed by atoms with van der Waals surface area (Å²) in [6.07, 6.45) is 3.13. The first-order valence-corrected chi connectivity index (χ1v) is 6.65. The van der Waals surface area contributed by atoms with Crippen molar-refractivity contribution in [3.63, 3.8) is 0 Å². The zero-order valence-corrected chi connectivity index (χ0v) is 12.8. The van der Waals surface area contributed by atoms with Crippen molar-refractivity contribution in [3.05, 3.63) is 39.6 Å². The molecule has 0 unspecified atom stereocenters. The summed E-state index contributed by atoms with van der Waals surface area (Å²) in [5, 5.41) is 4.74. The molecule has 110 valence electrons. The molecule has 2 N–H and O–H groups in total. The van der Waals surface area contributed by atoms with Gasteiger partial charge >= 0.3 is 5.97 Å². The lowest BCUT2D eigenvalue weighted by Gasteiger charge is -2.06. The van der Waals surface area contributed by atoms with Gasteiger partial charge in [-0.25, -0.2) is 9.66 Å². The number of nitrogen functional groups attached to an aromatic ring is 1. The lowest BCUT2D eigenvalue weighted by Crippen LogP contribution is -2.02. The molecular formula is C13H12Cl2N4O2. The number of esters is 1. The van der Waals surface area contributed by atoms with Crippen molar-refractivity contribution in [2.24, 2.45) is 5.10 Å². The summed E-state index contributed by atoms with van der Waals surface area (Å²) in [5.41, 5.74) is 6.90. The van der Waals surface area contributed by atoms with Crippen molar-refractivity contribution in [2.75, 3.05) is 5.73 Å². The normalized spacial score (nSPS) is 11.0. The third-order valence-corrected chi connectivity index (χ3v) is 3.09. The fourth-order valence-electron chi connectivity index (χ4n) is 1.63. The molecule has 6 nitrogen and oxygen atoms in total. The van der Waals surface area contributed by atoms with Crippen LogP contribution in [-0.4, -0.2) is 21.8 Å². The summed E-state index contributed by atoms with van der Waals surface area (Å²) >= 11 is 12.2. The number of hydrogen-bond acceptors (Lipinski definition) is 5. The van der Waals surface area contributed by atoms with Gasteiger partial charge in [0.1, 0.15) is 5.75 Å². The van der Waals surface area contributed by atoms with E-state index in [9.17, 15) is 4.79 Å². The number of nitrogens with zero attached hydrogens (tertiary/aromatic N) is 3. The molecule has 0 saturated heterocycles. The highest BCUT2D eigenvalue weighted by atomic mass is 35.5. The lowest BCUT2D eigenvalue weighted by molar-refractivity contribution is -0.131. The number of ether oxygens (including phenoxy) is 1. The second-order valence-electron chi connectivity index (χ2n) is 4.22. The second kappa shape index (κ2) is 6.15. The first-order valence-electron chi connectivity index (χ1n) is 5.90. The van der Waals surface area contributed by atoms with Crippen molar-refractivity contribution in [1.82, 2.24) is 9.66 Å². The van der Waals surface area contributed by atoms with Gasteiger partial charge in [-0.1, -0.05) is 23.2 Å². The van der Waals surface area contributed by atoms with Crippen LogP contribution in [0.1, 0.15) is 18.2 Å². The molecule has 0 radical (unpaired) electrons. The Bertz CT molecular complexity index is 702. The molecule has 0 aliphatic heterocycles. The van der Waals surface area contributed by atoms with E-state index in [-0.39, 0.29) is 11.7 Å². The smallest absolute Gasteiger partial charge is 0.308 e. The van der Waals surface area contributed by atoms with Crippen LogP contribution in [0.3, 0.4) is 0 Å². The van der Waals surface area contributed by atoms with E-state index < -0.39 is 5.97 Å². The molecule has 2 rings (SSSR count). The fraction of sp³-hybridized carbons (Fsp3) is 0.154. The van der Waals surface area contributed by atoms with E-state index >= 15 is 0 Å². The quantitative estimate of drug-likeness (QED) is 0.534. The van der Waals surface area contributed by atoms with Gasteiger partial charge < -0.3 is 10.5 Å². The minimum absolute atomic E-state index is 0.257. The van der Waals surface area contributed by atoms with Gasteiger partial charge in [0.25, 0.3) is 0 Å². The van der Waals surface area contributed by atoms with Gasteiger partial charge in [-0.3, -0.25) is 4.79 Å². The van der Waals surface area contributed by atoms with Crippen LogP contribution in [0.2, 0.25) is 10.0 Å². The Hall–Kier alpha value is -2.05. The number of hydrogen-bond donors (Lipinski definition) is 1. The van der Waals surface area contributed by atoms with Gasteiger partial charge in [0, 0.05) is 24.6 Å². The molecule has 0 spiro atoms. The molecule has 2 aromatic rings. The molecule has 1 heterocycles. The Kier molecular flexibility index (Phi) is 4.50. The van der Waals surface area contributed by atoms with Crippen LogP contribution < -0.4 is 10.5 Å². The summed E-state index contributed by atoms with van der Waals surface area (Å²) in [7, 11) is 0. The molecule has 0 saturated carbocycles. The maximum atomic E-state index is 10.9. The van der Waals surface area contributed by atoms with Crippen molar-refractivity contribution in [3.8, 4) is 5.75 Å². The van der Waals surface area contributed by atoms with Gasteiger partial charge in [0.2, 0.25) is 5.95 Å². The second-order valence-corrected chi connectivity index (χ2v) is 5.04. The van der Waals surface area contributed by atoms with E-state index in [2.05, 4.69) is 10.1 Å². The van der Waals surface area contributed by atoms with E-state index in [1.807, 2.05) is 0 Å². The van der Waals surface area contributed by atoms with Crippen LogP contribution >= 0.6 is 23.2 Å². The molecule has 0 amide bonds. The number of carbonyl (C=O) groups is 1. The molecule has 0 atom stereocenters. The summed E-state index contributed by atoms with van der Waals surface area (Å²) < 4.78 is 6.33. The number of anilines is 1. The van der Waals surface area contributed by atoms with E-state index in [0.29, 0.717) is 15.6 Å². The van der Waals surface area contributed by atoms with Crippen LogP contribution in [0.15, 0.2) is 23.4 Å². The van der Waals surface area contributed by atoms with Crippen LogP contribution in [-0.2, 0) is 4.79 Å². The third kappa shape index (κ3) is 3.74. The predicted molar refractivity (Wildman–Crippen MR) is 82.1 cm³/mol. The van der Waals surface area contributed by atoms with Crippen LogP contribution in [0, 0.1) is 6.92 Å². The average molecular weight is 327 g/mol. The largest absolute Gasteiger partial charge is 0.427 e. The summed E-state index contributed by atoms with van der Waals surface area (Å²) in [5.74, 6) is 0.0744. The molecule has 0 aliphatic carbocycles. The Morgan fingerprint density at radius 2 is 2.05 bits per heavy atom. The van der Waals surface area contributed by atoms with E-state index in [1.165, 1.54) is 29.9 Å². The summed E-state index contributed by atoms with van der Waals surface area (Å²) in [6.45, 7) is 3.09. The third-order valence-electron chi connectivity index (χ3n) is 2.46. The molecule has 21 heavy (non-hydrogen) atoms. The van der Waals surface area contributed by atoms with E-state index in [4.69, 9.17) is 33.7 Å². The summed E-state index contributed by atoms with van der Waals surface area (Å²) in [6, 6.07) is 2.97. The number of halogens is 2. The van der Waals surface area contributed by atoms with Crippen LogP contribution in [0.25, 0.3) is 0 Å². The van der Waals surface area contributed by atoms with Gasteiger partial charge in [0.05, 0.1) is 28.2 Å². The van der Waals surface area contributed by atoms with Crippen molar-refractivity contribution in [2.45, 2.75) is 13.8 Å². The number of carbonyl (C=O) groups excluding carboxylic acids is 1. The van der Waals surface area contributed by atoms with Gasteiger partial charge in [-0.2, -0.15) is 5.10 Å². The van der Waals surface area contributed by atoms with Crippen molar-refractivity contribution >= 4 is 41.3 Å². The Morgan fingerprint density at radius 3 is 2.52 bits per heavy atom. The Balaban J connectivity index is 2.32. The Labute approximate surface area is 131 Å². The molecule has 1 aromatic heterocycles. The zero-order valence-electron chi connectivity index (χ0n) is 11.3. The standard InChI is InChI=1S/C13H12Cl2N4O2/c1-7-6-19(13(16)18-7)17-5-10-11(14)3-9(4-12(10)15)21-8(2)20/h3-6H,1-2H3,(H2,16,18). The van der Waals surface area contributed by atoms with Gasteiger partial charge in [0.15, 0.2) is 0 Å². The van der Waals surface area contributed by atoms with Gasteiger partial charge in [-0.15, -0.1) is 0 Å². The highest BCUT2D eigenvalue weighted by molar-refractivity contribution is 6.38. The van der Waals surface area contributed by atoms with Crippen molar-refractivity contribution < 1.29 is 9.53 Å². The van der Waals surface area contributed by atoms with E-state index in [0.717, 1.165) is 5.69 Å². The molecule has 0 fully saturated rings. The predicted octanol–water partition coefficient (Wildman–Crippen LogP) is 2.89. The molecule has 8 heteroatoms. The summed E-state index contributed by atoms with van der Waals surface area (Å²) in [4.78, 5) is 14.9. The Morgan fingerprint density at radius 1 is 1.43 bits per heavy atom. The number of rotatable bonds is 3. The monoisotopic (exact) mass is 326 g/mol. The minimum Gasteiger partial charge on any atom is -0.427 e. The van der Waals surface area contributed by atoms with E-state index in [1.54, 1.807) is 13.1 Å². The SMILES string of the molecule is CC(=O)Oc1cc(Cl)c(C=Nn2cc(C)nc2N)c(Cl)c1. The highest BCUT2D eigenvalue weighted by Crippen LogP contribution is 2.29. The molecule has 0 bridgehead atoms. The molecule has 1 aromatic carbocycles. The van der Waals surface area contributed by atoms with Crippen LogP contribution in [0.5, 0.6) is 5.75 Å². The lowest BCUT2D eigenvalue weighted by atomic mass is 10.2. The number of nitrogens with two attached hydrogens (primary N) is 1. The number of benzene rings is 1.